The van der Waals surface area contributed by atoms with E-state index in [1.807, 2.05) is 0 Å². The van der Waals surface area contributed by atoms with E-state index in [-0.39, 0.29) is 5.75 Å². The molecule has 15 heavy (non-hydrogen) atoms. The Morgan fingerprint density at radius 2 is 2.07 bits per heavy atom. The van der Waals surface area contributed by atoms with Crippen LogP contribution in [0.3, 0.4) is 0 Å². The molecule has 0 aliphatic rings. The zero-order chi connectivity index (χ0) is 11.5. The van der Waals surface area contributed by atoms with Gasteiger partial charge in [-0.3, -0.25) is 0 Å². The smallest absolute Gasteiger partial charge is 0.233 e. The molecule has 0 unspecified atom stereocenters. The zero-order valence-electron chi connectivity index (χ0n) is 7.28. The van der Waals surface area contributed by atoms with Crippen LogP contribution in [-0.4, -0.2) is 24.9 Å². The summed E-state index contributed by atoms with van der Waals surface area (Å²) >= 11 is 12.7. The number of rotatable bonds is 4. The molecule has 0 saturated carbocycles. The van der Waals surface area contributed by atoms with Gasteiger partial charge in [-0.1, -0.05) is 23.2 Å². The fraction of sp³-hybridized carbons (Fsp3) is 0.286. The van der Waals surface area contributed by atoms with Crippen LogP contribution in [0.5, 0.6) is 0 Å². The highest BCUT2D eigenvalue weighted by Gasteiger charge is 2.08. The van der Waals surface area contributed by atoms with Crippen molar-refractivity contribution in [2.75, 3.05) is 11.5 Å². The number of aromatic nitrogens is 1. The number of hydrogen-bond donors (Lipinski definition) is 0. The second-order valence-corrected chi connectivity index (χ2v) is 7.36. The molecule has 0 atom stereocenters. The normalized spacial score (nSPS) is 11.7. The second kappa shape index (κ2) is 5.59. The Morgan fingerprint density at radius 3 is 2.60 bits per heavy atom. The molecule has 8 heteroatoms. The number of halogens is 3. The number of pyridine rings is 1. The Balaban J connectivity index is 2.59. The van der Waals surface area contributed by atoms with E-state index in [0.29, 0.717) is 20.8 Å². The summed E-state index contributed by atoms with van der Waals surface area (Å²) in [5.41, 5.74) is 0. The van der Waals surface area contributed by atoms with Crippen molar-refractivity contribution in [3.8, 4) is 0 Å². The molecule has 0 N–H and O–H groups in total. The van der Waals surface area contributed by atoms with Crippen LogP contribution in [0.25, 0.3) is 0 Å². The van der Waals surface area contributed by atoms with Gasteiger partial charge in [0, 0.05) is 22.6 Å². The van der Waals surface area contributed by atoms with Gasteiger partial charge in [0.1, 0.15) is 5.03 Å². The summed E-state index contributed by atoms with van der Waals surface area (Å²) in [5, 5.41) is 1.38. The van der Waals surface area contributed by atoms with Gasteiger partial charge in [-0.15, -0.1) is 11.8 Å². The van der Waals surface area contributed by atoms with Crippen molar-refractivity contribution in [3.63, 3.8) is 0 Å². The Morgan fingerprint density at radius 1 is 1.40 bits per heavy atom. The molecule has 0 radical (unpaired) electrons. The first-order valence-corrected chi connectivity index (χ1v) is 7.96. The molecule has 0 aromatic carbocycles. The van der Waals surface area contributed by atoms with Crippen molar-refractivity contribution < 1.29 is 8.42 Å². The Bertz CT molecular complexity index is 450. The van der Waals surface area contributed by atoms with Crippen molar-refractivity contribution in [2.45, 2.75) is 5.03 Å². The molecule has 0 fully saturated rings. The molecule has 3 nitrogen and oxygen atoms in total. The summed E-state index contributed by atoms with van der Waals surface area (Å²) < 4.78 is 21.3. The van der Waals surface area contributed by atoms with Crippen LogP contribution >= 0.6 is 45.6 Å². The fourth-order valence-corrected chi connectivity index (χ4v) is 3.50. The third kappa shape index (κ3) is 5.26. The van der Waals surface area contributed by atoms with E-state index >= 15 is 0 Å². The minimum atomic E-state index is -3.46. The van der Waals surface area contributed by atoms with Crippen molar-refractivity contribution in [1.82, 2.24) is 4.98 Å². The first-order valence-electron chi connectivity index (χ1n) is 3.74. The lowest BCUT2D eigenvalue weighted by Gasteiger charge is -2.01. The summed E-state index contributed by atoms with van der Waals surface area (Å²) in [4.78, 5) is 3.96. The van der Waals surface area contributed by atoms with Crippen LogP contribution in [-0.2, 0) is 9.05 Å². The third-order valence-electron chi connectivity index (χ3n) is 1.34. The van der Waals surface area contributed by atoms with E-state index in [0.717, 1.165) is 0 Å². The quantitative estimate of drug-likeness (QED) is 0.633. The van der Waals surface area contributed by atoms with Gasteiger partial charge in [-0.2, -0.15) is 0 Å². The van der Waals surface area contributed by atoms with Gasteiger partial charge in [-0.25, -0.2) is 13.4 Å². The number of thioether (sulfide) groups is 1. The average Bonchev–Trinajstić information content (AvgIpc) is 2.07. The molecule has 0 aliphatic heterocycles. The topological polar surface area (TPSA) is 47.0 Å². The molecule has 1 rings (SSSR count). The molecular formula is C7H6Cl3NO2S2. The summed E-state index contributed by atoms with van der Waals surface area (Å²) in [7, 11) is 1.59. The monoisotopic (exact) mass is 305 g/mol. The average molecular weight is 307 g/mol. The lowest BCUT2D eigenvalue weighted by atomic mass is 10.5. The van der Waals surface area contributed by atoms with E-state index < -0.39 is 9.05 Å². The predicted molar refractivity (Wildman–Crippen MR) is 64.6 cm³/mol. The van der Waals surface area contributed by atoms with Gasteiger partial charge in [-0.05, 0) is 6.07 Å². The van der Waals surface area contributed by atoms with Crippen LogP contribution < -0.4 is 0 Å². The van der Waals surface area contributed by atoms with E-state index in [1.54, 1.807) is 6.07 Å². The Hall–Kier alpha value is 0.320. The third-order valence-corrected chi connectivity index (χ3v) is 4.37. The molecule has 0 amide bonds. The lowest BCUT2D eigenvalue weighted by molar-refractivity contribution is 0.611. The first-order chi connectivity index (χ1) is 6.88. The molecule has 1 heterocycles. The largest absolute Gasteiger partial charge is 0.247 e. The minimum absolute atomic E-state index is 0.125. The molecular weight excluding hydrogens is 301 g/mol. The van der Waals surface area contributed by atoms with Crippen LogP contribution in [0.4, 0.5) is 0 Å². The SMILES string of the molecule is O=S(=O)(Cl)CCSc1ncc(Cl)cc1Cl. The predicted octanol–water partition coefficient (Wildman–Crippen LogP) is 3.05. The van der Waals surface area contributed by atoms with Gasteiger partial charge < -0.3 is 0 Å². The van der Waals surface area contributed by atoms with E-state index in [9.17, 15) is 8.42 Å². The molecule has 1 aromatic heterocycles. The summed E-state index contributed by atoms with van der Waals surface area (Å²) in [6.07, 6.45) is 1.45. The molecule has 84 valence electrons. The molecule has 0 spiro atoms. The first kappa shape index (κ1) is 13.4. The zero-order valence-corrected chi connectivity index (χ0v) is 11.2. The summed E-state index contributed by atoms with van der Waals surface area (Å²) in [6, 6.07) is 1.55. The van der Waals surface area contributed by atoms with Crippen molar-refractivity contribution in [2.24, 2.45) is 0 Å². The van der Waals surface area contributed by atoms with Crippen LogP contribution in [0.2, 0.25) is 10.0 Å². The van der Waals surface area contributed by atoms with Gasteiger partial charge in [0.2, 0.25) is 9.05 Å². The summed E-state index contributed by atoms with van der Waals surface area (Å²) in [6.45, 7) is 0. The maximum Gasteiger partial charge on any atom is 0.233 e. The van der Waals surface area contributed by atoms with Crippen LogP contribution in [0, 0.1) is 0 Å². The summed E-state index contributed by atoms with van der Waals surface area (Å²) in [5.74, 6) is 0.181. The van der Waals surface area contributed by atoms with E-state index in [2.05, 4.69) is 4.98 Å². The number of hydrogen-bond acceptors (Lipinski definition) is 4. The van der Waals surface area contributed by atoms with Crippen LogP contribution in [0.15, 0.2) is 17.3 Å². The van der Waals surface area contributed by atoms with E-state index in [1.165, 1.54) is 18.0 Å². The standard InChI is InChI=1S/C7H6Cl3NO2S2/c8-5-3-6(9)7(11-4-5)14-1-2-15(10,12)13/h3-4H,1-2H2. The molecule has 0 saturated heterocycles. The lowest BCUT2D eigenvalue weighted by Crippen LogP contribution is -1.99. The van der Waals surface area contributed by atoms with Crippen molar-refractivity contribution in [1.29, 1.82) is 0 Å². The maximum atomic E-state index is 10.6. The Kier molecular flexibility index (Phi) is 4.99. The fourth-order valence-electron chi connectivity index (χ4n) is 0.746. The van der Waals surface area contributed by atoms with Crippen molar-refractivity contribution in [3.05, 3.63) is 22.3 Å². The molecule has 0 aliphatic carbocycles. The van der Waals surface area contributed by atoms with Crippen LogP contribution in [0.1, 0.15) is 0 Å². The van der Waals surface area contributed by atoms with Crippen molar-refractivity contribution >= 4 is 54.7 Å². The minimum Gasteiger partial charge on any atom is -0.247 e. The van der Waals surface area contributed by atoms with E-state index in [4.69, 9.17) is 33.9 Å². The Labute approximate surface area is 107 Å². The van der Waals surface area contributed by atoms with Gasteiger partial charge >= 0.3 is 0 Å². The highest BCUT2D eigenvalue weighted by Crippen LogP contribution is 2.27. The second-order valence-electron chi connectivity index (χ2n) is 2.53. The van der Waals surface area contributed by atoms with Gasteiger partial charge in [0.05, 0.1) is 15.8 Å². The van der Waals surface area contributed by atoms with Gasteiger partial charge in [0.15, 0.2) is 0 Å². The maximum absolute atomic E-state index is 10.6. The molecule has 1 aromatic rings. The van der Waals surface area contributed by atoms with Gasteiger partial charge in [0.25, 0.3) is 0 Å². The highest BCUT2D eigenvalue weighted by atomic mass is 35.7. The molecule has 0 bridgehead atoms. The highest BCUT2D eigenvalue weighted by molar-refractivity contribution is 8.14. The number of nitrogens with zero attached hydrogens (tertiary/aromatic N) is 1.